The first-order valence-electron chi connectivity index (χ1n) is 10.2. The molecule has 4 aromatic rings. The Morgan fingerprint density at radius 1 is 1.28 bits per heavy atom. The lowest BCUT2D eigenvalue weighted by Gasteiger charge is -2.16. The van der Waals surface area contributed by atoms with Crippen LogP contribution in [0.4, 0.5) is 0 Å². The molecule has 0 amide bonds. The predicted octanol–water partition coefficient (Wildman–Crippen LogP) is 4.85. The topological polar surface area (TPSA) is 89.9 Å². The number of hydrogen-bond acceptors (Lipinski definition) is 7. The summed E-state index contributed by atoms with van der Waals surface area (Å²) in [5.41, 5.74) is 1.24. The summed E-state index contributed by atoms with van der Waals surface area (Å²) in [6.45, 7) is 6.87. The Labute approximate surface area is 197 Å². The van der Waals surface area contributed by atoms with E-state index in [1.807, 2.05) is 20.8 Å². The highest BCUT2D eigenvalue weighted by atomic mass is 35.5. The molecule has 7 nitrogen and oxygen atoms in total. The number of rotatable bonds is 7. The van der Waals surface area contributed by atoms with E-state index >= 15 is 0 Å². The Bertz CT molecular complexity index is 1430. The third kappa shape index (κ3) is 4.34. The molecule has 168 valence electrons. The fraction of sp³-hybridized carbons (Fsp3) is 0.364. The zero-order valence-corrected chi connectivity index (χ0v) is 20.6. The van der Waals surface area contributed by atoms with Crippen molar-refractivity contribution < 1.29 is 4.74 Å². The molecule has 0 aliphatic carbocycles. The number of aryl methyl sites for hydroxylation is 2. The number of H-pyrrole nitrogens is 1. The van der Waals surface area contributed by atoms with Gasteiger partial charge in [-0.3, -0.25) is 14.2 Å². The molecule has 4 rings (SSSR count). The maximum atomic E-state index is 13.2. The lowest BCUT2D eigenvalue weighted by molar-refractivity contribution is 0.189. The van der Waals surface area contributed by atoms with Crippen LogP contribution in [0.1, 0.15) is 34.9 Å². The normalized spacial score (nSPS) is 12.7. The average Bonchev–Trinajstić information content (AvgIpc) is 3.04. The van der Waals surface area contributed by atoms with Crippen LogP contribution in [0, 0.1) is 13.8 Å². The third-order valence-electron chi connectivity index (χ3n) is 5.34. The zero-order chi connectivity index (χ0) is 23.0. The van der Waals surface area contributed by atoms with E-state index in [9.17, 15) is 9.59 Å². The van der Waals surface area contributed by atoms with Crippen LogP contribution in [0.5, 0.6) is 0 Å². The van der Waals surface area contributed by atoms with Gasteiger partial charge < -0.3 is 9.72 Å². The number of benzene rings is 1. The molecule has 3 heterocycles. The minimum absolute atomic E-state index is 0.126. The van der Waals surface area contributed by atoms with Crippen LogP contribution in [0.3, 0.4) is 0 Å². The minimum Gasteiger partial charge on any atom is -0.385 e. The van der Waals surface area contributed by atoms with Gasteiger partial charge in [0.05, 0.1) is 21.5 Å². The molecule has 0 aliphatic rings. The van der Waals surface area contributed by atoms with Gasteiger partial charge in [-0.2, -0.15) is 0 Å². The summed E-state index contributed by atoms with van der Waals surface area (Å²) in [5, 5.41) is 2.00. The fourth-order valence-corrected chi connectivity index (χ4v) is 5.70. The average molecular weight is 491 g/mol. The summed E-state index contributed by atoms with van der Waals surface area (Å²) in [7, 11) is 1.63. The number of nitrogens with zero attached hydrogens (tertiary/aromatic N) is 3. The van der Waals surface area contributed by atoms with E-state index in [-0.39, 0.29) is 16.4 Å². The second kappa shape index (κ2) is 9.35. The Kier molecular flexibility index (Phi) is 6.71. The number of methoxy groups -OCH3 is 1. The second-order valence-electron chi connectivity index (χ2n) is 7.53. The molecule has 0 aliphatic heterocycles. The monoisotopic (exact) mass is 490 g/mol. The molecule has 1 atom stereocenters. The predicted molar refractivity (Wildman–Crippen MR) is 131 cm³/mol. The van der Waals surface area contributed by atoms with Crippen molar-refractivity contribution in [3.05, 3.63) is 60.2 Å². The molecule has 0 radical (unpaired) electrons. The van der Waals surface area contributed by atoms with Crippen molar-refractivity contribution >= 4 is 55.8 Å². The summed E-state index contributed by atoms with van der Waals surface area (Å²) in [5.74, 6) is 0.553. The third-order valence-corrected chi connectivity index (χ3v) is 7.77. The highest BCUT2D eigenvalue weighted by Crippen LogP contribution is 2.34. The van der Waals surface area contributed by atoms with Crippen molar-refractivity contribution in [1.29, 1.82) is 0 Å². The van der Waals surface area contributed by atoms with Gasteiger partial charge in [0.25, 0.3) is 11.1 Å². The van der Waals surface area contributed by atoms with Crippen LogP contribution in [-0.4, -0.2) is 33.2 Å². The molecule has 0 saturated carbocycles. The molecule has 0 fully saturated rings. The highest BCUT2D eigenvalue weighted by Gasteiger charge is 2.20. The van der Waals surface area contributed by atoms with Crippen molar-refractivity contribution in [3.8, 4) is 0 Å². The summed E-state index contributed by atoms with van der Waals surface area (Å²) in [6.07, 6.45) is 0.675. The molecular weight excluding hydrogens is 468 g/mol. The number of fused-ring (bicyclic) bond motifs is 2. The maximum Gasteiger partial charge on any atom is 0.262 e. The standard InChI is InChI=1S/C22H23ClN4O3S2/c1-11-12(2)31-20-17(11)19(28)25-18(26-20)13(3)32-22-24-16-10-14(23)6-7-15(16)21(29)27(22)8-5-9-30-4/h6-7,10,13H,5,8-9H2,1-4H3,(H,25,26,28). The van der Waals surface area contributed by atoms with Crippen molar-refractivity contribution in [2.75, 3.05) is 13.7 Å². The van der Waals surface area contributed by atoms with Gasteiger partial charge in [-0.15, -0.1) is 11.3 Å². The summed E-state index contributed by atoms with van der Waals surface area (Å²) >= 11 is 9.03. The van der Waals surface area contributed by atoms with E-state index in [2.05, 4.69) is 4.98 Å². The SMILES string of the molecule is COCCCn1c(SC(C)c2nc3sc(C)c(C)c3c(=O)[nH]2)nc2cc(Cl)ccc2c1=O. The number of aromatic nitrogens is 4. The number of halogens is 1. The van der Waals surface area contributed by atoms with E-state index in [4.69, 9.17) is 26.3 Å². The first-order valence-corrected chi connectivity index (χ1v) is 12.2. The molecule has 3 aromatic heterocycles. The van der Waals surface area contributed by atoms with Crippen molar-refractivity contribution in [2.45, 2.75) is 44.1 Å². The molecule has 10 heteroatoms. The molecule has 1 unspecified atom stereocenters. The maximum absolute atomic E-state index is 13.2. The number of ether oxygens (including phenoxy) is 1. The van der Waals surface area contributed by atoms with Crippen LogP contribution < -0.4 is 11.1 Å². The number of aromatic amines is 1. The number of thiophene rings is 1. The Balaban J connectivity index is 1.77. The van der Waals surface area contributed by atoms with Crippen molar-refractivity contribution in [1.82, 2.24) is 19.5 Å². The largest absolute Gasteiger partial charge is 0.385 e. The highest BCUT2D eigenvalue weighted by molar-refractivity contribution is 7.99. The van der Waals surface area contributed by atoms with E-state index in [0.717, 1.165) is 15.3 Å². The molecule has 32 heavy (non-hydrogen) atoms. The fourth-order valence-electron chi connectivity index (χ4n) is 3.51. The molecule has 1 N–H and O–H groups in total. The van der Waals surface area contributed by atoms with Crippen LogP contribution in [0.2, 0.25) is 5.02 Å². The van der Waals surface area contributed by atoms with Crippen molar-refractivity contribution in [2.24, 2.45) is 0 Å². The second-order valence-corrected chi connectivity index (χ2v) is 10.5. The minimum atomic E-state index is -0.230. The first kappa shape index (κ1) is 23.0. The molecule has 0 spiro atoms. The zero-order valence-electron chi connectivity index (χ0n) is 18.2. The Morgan fingerprint density at radius 3 is 2.81 bits per heavy atom. The molecule has 0 saturated heterocycles. The van der Waals surface area contributed by atoms with Crippen LogP contribution >= 0.6 is 34.7 Å². The smallest absolute Gasteiger partial charge is 0.262 e. The lowest BCUT2D eigenvalue weighted by atomic mass is 10.2. The van der Waals surface area contributed by atoms with Gasteiger partial charge in [-0.1, -0.05) is 23.4 Å². The summed E-state index contributed by atoms with van der Waals surface area (Å²) in [4.78, 5) is 40.1. The molecular formula is C22H23ClN4O3S2. The Morgan fingerprint density at radius 2 is 2.06 bits per heavy atom. The number of hydrogen-bond donors (Lipinski definition) is 1. The van der Waals surface area contributed by atoms with Crippen LogP contribution in [0.15, 0.2) is 32.9 Å². The van der Waals surface area contributed by atoms with Crippen molar-refractivity contribution in [3.63, 3.8) is 0 Å². The van der Waals surface area contributed by atoms with Gasteiger partial charge in [0.2, 0.25) is 0 Å². The van der Waals surface area contributed by atoms with Crippen LogP contribution in [-0.2, 0) is 11.3 Å². The summed E-state index contributed by atoms with van der Waals surface area (Å²) in [6, 6.07) is 5.08. The first-order chi connectivity index (χ1) is 15.3. The number of thioether (sulfide) groups is 1. The van der Waals surface area contributed by atoms with Gasteiger partial charge >= 0.3 is 0 Å². The number of nitrogens with one attached hydrogen (secondary N) is 1. The van der Waals surface area contributed by atoms with Gasteiger partial charge in [0.1, 0.15) is 10.7 Å². The van der Waals surface area contributed by atoms with Gasteiger partial charge in [0.15, 0.2) is 5.16 Å². The van der Waals surface area contributed by atoms with Gasteiger partial charge in [-0.25, -0.2) is 9.97 Å². The lowest BCUT2D eigenvalue weighted by Crippen LogP contribution is -2.24. The van der Waals surface area contributed by atoms with E-state index in [0.29, 0.717) is 51.9 Å². The van der Waals surface area contributed by atoms with Gasteiger partial charge in [0, 0.05) is 30.2 Å². The Hall–Kier alpha value is -2.20. The summed E-state index contributed by atoms with van der Waals surface area (Å²) < 4.78 is 6.81. The van der Waals surface area contributed by atoms with E-state index in [1.54, 1.807) is 29.9 Å². The quantitative estimate of drug-likeness (QED) is 0.226. The van der Waals surface area contributed by atoms with E-state index in [1.165, 1.54) is 23.1 Å². The van der Waals surface area contributed by atoms with E-state index < -0.39 is 0 Å². The van der Waals surface area contributed by atoms with Gasteiger partial charge in [-0.05, 0) is 51.0 Å². The molecule has 0 bridgehead atoms. The van der Waals surface area contributed by atoms with Crippen LogP contribution in [0.25, 0.3) is 21.1 Å². The molecule has 1 aromatic carbocycles.